The zero-order valence-electron chi connectivity index (χ0n) is 5.01. The third-order valence-electron chi connectivity index (χ3n) is 1.08. The van der Waals surface area contributed by atoms with E-state index in [0.29, 0.717) is 0 Å². The van der Waals surface area contributed by atoms with Crippen molar-refractivity contribution in [3.8, 4) is 0 Å². The van der Waals surface area contributed by atoms with E-state index in [0.717, 1.165) is 14.5 Å². The molecule has 2 nitrogen and oxygen atoms in total. The molecule has 10 heavy (non-hydrogen) atoms. The molecule has 0 atom stereocenters. The summed E-state index contributed by atoms with van der Waals surface area (Å²) in [5, 5.41) is 8.75. The summed E-state index contributed by atoms with van der Waals surface area (Å²) in [7, 11) is 0. The fraction of sp³-hybridized carbons (Fsp3) is 0.167. The molecule has 1 aromatic rings. The molecule has 0 aromatic carbocycles. The van der Waals surface area contributed by atoms with Crippen molar-refractivity contribution in [1.29, 1.82) is 0 Å². The molecule has 0 spiro atoms. The Balaban J connectivity index is 3.14. The van der Waals surface area contributed by atoms with E-state index in [2.05, 4.69) is 36.8 Å². The van der Waals surface area contributed by atoms with Gasteiger partial charge in [0.25, 0.3) is 0 Å². The van der Waals surface area contributed by atoms with Gasteiger partial charge in [-0.25, -0.2) is 0 Å². The molecular weight excluding hydrogens is 262 g/mol. The highest BCUT2D eigenvalue weighted by molar-refractivity contribution is 9.13. The first-order chi connectivity index (χ1) is 4.75. The van der Waals surface area contributed by atoms with Crippen LogP contribution in [0.15, 0.2) is 21.3 Å². The molecule has 0 aliphatic heterocycles. The van der Waals surface area contributed by atoms with Crippen molar-refractivity contribution in [3.05, 3.63) is 26.9 Å². The highest BCUT2D eigenvalue weighted by atomic mass is 79.9. The topological polar surface area (TPSA) is 33.1 Å². The molecule has 1 rings (SSSR count). The second-order valence-electron chi connectivity index (χ2n) is 1.75. The lowest BCUT2D eigenvalue weighted by Crippen LogP contribution is -1.87. The van der Waals surface area contributed by atoms with Crippen molar-refractivity contribution >= 4 is 31.9 Å². The van der Waals surface area contributed by atoms with Crippen LogP contribution in [-0.2, 0) is 6.61 Å². The van der Waals surface area contributed by atoms with Gasteiger partial charge in [-0.05, 0) is 31.9 Å². The summed E-state index contributed by atoms with van der Waals surface area (Å²) in [5.74, 6) is 0. The minimum atomic E-state index is 0.00697. The molecule has 0 bridgehead atoms. The van der Waals surface area contributed by atoms with Gasteiger partial charge in [-0.1, -0.05) is 0 Å². The Labute approximate surface area is 75.5 Å². The van der Waals surface area contributed by atoms with Gasteiger partial charge in [-0.3, -0.25) is 4.98 Å². The molecule has 0 radical (unpaired) electrons. The van der Waals surface area contributed by atoms with E-state index in [1.807, 2.05) is 0 Å². The van der Waals surface area contributed by atoms with Crippen LogP contribution in [0.5, 0.6) is 0 Å². The number of hydrogen-bond donors (Lipinski definition) is 1. The van der Waals surface area contributed by atoms with Crippen LogP contribution < -0.4 is 0 Å². The first-order valence-corrected chi connectivity index (χ1v) is 4.23. The SMILES string of the molecule is OCc1cncc(Br)c1Br. The molecule has 54 valence electrons. The Kier molecular flexibility index (Phi) is 2.82. The van der Waals surface area contributed by atoms with Crippen LogP contribution in [0, 0.1) is 0 Å². The number of aromatic nitrogens is 1. The minimum Gasteiger partial charge on any atom is -0.392 e. The highest BCUT2D eigenvalue weighted by Gasteiger charge is 2.01. The molecule has 1 N–H and O–H groups in total. The Hall–Kier alpha value is 0.0700. The third-order valence-corrected chi connectivity index (χ3v) is 3.15. The van der Waals surface area contributed by atoms with Crippen molar-refractivity contribution in [3.63, 3.8) is 0 Å². The van der Waals surface area contributed by atoms with Crippen molar-refractivity contribution in [1.82, 2.24) is 4.98 Å². The smallest absolute Gasteiger partial charge is 0.0708 e. The molecule has 0 aliphatic carbocycles. The van der Waals surface area contributed by atoms with Crippen molar-refractivity contribution in [2.75, 3.05) is 0 Å². The standard InChI is InChI=1S/C6H5Br2NO/c7-5-2-9-1-4(3-10)6(5)8/h1-2,10H,3H2. The highest BCUT2D eigenvalue weighted by Crippen LogP contribution is 2.24. The summed E-state index contributed by atoms with van der Waals surface area (Å²) in [4.78, 5) is 3.88. The van der Waals surface area contributed by atoms with Gasteiger partial charge in [0.2, 0.25) is 0 Å². The second kappa shape index (κ2) is 3.46. The largest absolute Gasteiger partial charge is 0.392 e. The third kappa shape index (κ3) is 1.56. The quantitative estimate of drug-likeness (QED) is 0.845. The Morgan fingerprint density at radius 2 is 2.10 bits per heavy atom. The summed E-state index contributed by atoms with van der Waals surface area (Å²) in [6.07, 6.45) is 3.29. The summed E-state index contributed by atoms with van der Waals surface area (Å²) in [6.45, 7) is 0.00697. The fourth-order valence-corrected chi connectivity index (χ4v) is 1.27. The van der Waals surface area contributed by atoms with Crippen molar-refractivity contribution in [2.24, 2.45) is 0 Å². The number of nitrogens with zero attached hydrogens (tertiary/aromatic N) is 1. The maximum atomic E-state index is 8.75. The summed E-state index contributed by atoms with van der Waals surface area (Å²) in [5.41, 5.74) is 0.786. The fourth-order valence-electron chi connectivity index (χ4n) is 0.570. The lowest BCUT2D eigenvalue weighted by atomic mass is 10.3. The molecular formula is C6H5Br2NO. The maximum Gasteiger partial charge on any atom is 0.0708 e. The lowest BCUT2D eigenvalue weighted by molar-refractivity contribution is 0.280. The van der Waals surface area contributed by atoms with E-state index in [-0.39, 0.29) is 6.61 Å². The van der Waals surface area contributed by atoms with Gasteiger partial charge < -0.3 is 5.11 Å². The van der Waals surface area contributed by atoms with E-state index >= 15 is 0 Å². The van der Waals surface area contributed by atoms with Crippen LogP contribution in [0.2, 0.25) is 0 Å². The second-order valence-corrected chi connectivity index (χ2v) is 3.40. The van der Waals surface area contributed by atoms with E-state index in [4.69, 9.17) is 5.11 Å². The first-order valence-electron chi connectivity index (χ1n) is 2.64. The number of pyridine rings is 1. The van der Waals surface area contributed by atoms with Gasteiger partial charge >= 0.3 is 0 Å². The lowest BCUT2D eigenvalue weighted by Gasteiger charge is -1.99. The monoisotopic (exact) mass is 265 g/mol. The molecule has 0 saturated heterocycles. The van der Waals surface area contributed by atoms with Crippen LogP contribution >= 0.6 is 31.9 Å². The zero-order chi connectivity index (χ0) is 7.56. The average molecular weight is 267 g/mol. The number of aliphatic hydroxyl groups is 1. The molecule has 0 unspecified atom stereocenters. The first kappa shape index (κ1) is 8.17. The molecule has 4 heteroatoms. The Morgan fingerprint density at radius 3 is 2.60 bits per heavy atom. The van der Waals surface area contributed by atoms with Gasteiger partial charge in [0.05, 0.1) is 11.1 Å². The number of halogens is 2. The van der Waals surface area contributed by atoms with Crippen LogP contribution in [0.3, 0.4) is 0 Å². The zero-order valence-corrected chi connectivity index (χ0v) is 8.18. The molecule has 1 aromatic heterocycles. The Bertz CT molecular complexity index is 239. The average Bonchev–Trinajstić information content (AvgIpc) is 1.95. The van der Waals surface area contributed by atoms with Gasteiger partial charge in [0.1, 0.15) is 0 Å². The van der Waals surface area contributed by atoms with Gasteiger partial charge in [0.15, 0.2) is 0 Å². The Morgan fingerprint density at radius 1 is 1.40 bits per heavy atom. The van der Waals surface area contributed by atoms with E-state index in [9.17, 15) is 0 Å². The van der Waals surface area contributed by atoms with Crippen molar-refractivity contribution in [2.45, 2.75) is 6.61 Å². The summed E-state index contributed by atoms with van der Waals surface area (Å²) >= 11 is 6.56. The molecule has 0 aliphatic rings. The summed E-state index contributed by atoms with van der Waals surface area (Å²) < 4.78 is 1.73. The number of aliphatic hydroxyl groups excluding tert-OH is 1. The minimum absolute atomic E-state index is 0.00697. The predicted molar refractivity (Wildman–Crippen MR) is 45.6 cm³/mol. The number of rotatable bonds is 1. The molecule has 0 saturated carbocycles. The maximum absolute atomic E-state index is 8.75. The van der Waals surface area contributed by atoms with Crippen LogP contribution in [-0.4, -0.2) is 10.1 Å². The normalized spacial score (nSPS) is 9.90. The van der Waals surface area contributed by atoms with Crippen LogP contribution in [0.4, 0.5) is 0 Å². The van der Waals surface area contributed by atoms with Crippen LogP contribution in [0.1, 0.15) is 5.56 Å². The van der Waals surface area contributed by atoms with Crippen molar-refractivity contribution < 1.29 is 5.11 Å². The van der Waals surface area contributed by atoms with Gasteiger partial charge in [-0.15, -0.1) is 0 Å². The van der Waals surface area contributed by atoms with E-state index in [1.54, 1.807) is 12.4 Å². The number of hydrogen-bond acceptors (Lipinski definition) is 2. The van der Waals surface area contributed by atoms with Gasteiger partial charge in [-0.2, -0.15) is 0 Å². The van der Waals surface area contributed by atoms with Gasteiger partial charge in [0, 0.05) is 22.4 Å². The molecule has 1 heterocycles. The predicted octanol–water partition coefficient (Wildman–Crippen LogP) is 2.10. The van der Waals surface area contributed by atoms with E-state index < -0.39 is 0 Å². The molecule has 0 fully saturated rings. The van der Waals surface area contributed by atoms with Crippen LogP contribution in [0.25, 0.3) is 0 Å². The molecule has 0 amide bonds. The van der Waals surface area contributed by atoms with E-state index in [1.165, 1.54) is 0 Å². The summed E-state index contributed by atoms with van der Waals surface area (Å²) in [6, 6.07) is 0.